The standard InChI is InChI=1S/C19H25N3O2/c1-23-18-7-6-16(13-19(18)24-2)14-21-9-11-22(12-10-21)15-17-5-3-4-8-20-17/h3-8,13H,9-12,14-15H2,1-2H3. The van der Waals surface area contributed by atoms with Crippen molar-refractivity contribution in [3.05, 3.63) is 53.9 Å². The zero-order chi connectivity index (χ0) is 16.8. The second-order valence-electron chi connectivity index (χ2n) is 6.06. The molecule has 0 spiro atoms. The highest BCUT2D eigenvalue weighted by Crippen LogP contribution is 2.28. The number of pyridine rings is 1. The number of methoxy groups -OCH3 is 2. The molecule has 1 aromatic carbocycles. The van der Waals surface area contributed by atoms with Crippen LogP contribution in [0.2, 0.25) is 0 Å². The Morgan fingerprint density at radius 2 is 1.58 bits per heavy atom. The van der Waals surface area contributed by atoms with E-state index in [0.29, 0.717) is 0 Å². The summed E-state index contributed by atoms with van der Waals surface area (Å²) in [6.07, 6.45) is 1.86. The van der Waals surface area contributed by atoms with Crippen molar-refractivity contribution in [2.45, 2.75) is 13.1 Å². The van der Waals surface area contributed by atoms with Crippen LogP contribution in [0.5, 0.6) is 11.5 Å². The van der Waals surface area contributed by atoms with Crippen molar-refractivity contribution in [3.63, 3.8) is 0 Å². The maximum Gasteiger partial charge on any atom is 0.161 e. The van der Waals surface area contributed by atoms with E-state index in [1.165, 1.54) is 5.56 Å². The second kappa shape index (κ2) is 8.13. The maximum atomic E-state index is 5.39. The molecule has 1 aromatic heterocycles. The van der Waals surface area contributed by atoms with E-state index in [0.717, 1.165) is 56.5 Å². The van der Waals surface area contributed by atoms with Gasteiger partial charge >= 0.3 is 0 Å². The van der Waals surface area contributed by atoms with Gasteiger partial charge < -0.3 is 9.47 Å². The smallest absolute Gasteiger partial charge is 0.161 e. The topological polar surface area (TPSA) is 37.8 Å². The normalized spacial score (nSPS) is 16.1. The third-order valence-electron chi connectivity index (χ3n) is 4.43. The van der Waals surface area contributed by atoms with Gasteiger partial charge in [0.05, 0.1) is 19.9 Å². The zero-order valence-corrected chi connectivity index (χ0v) is 14.4. The molecule has 3 rings (SSSR count). The van der Waals surface area contributed by atoms with E-state index in [4.69, 9.17) is 9.47 Å². The molecule has 1 aliphatic rings. The Balaban J connectivity index is 1.52. The highest BCUT2D eigenvalue weighted by molar-refractivity contribution is 5.42. The summed E-state index contributed by atoms with van der Waals surface area (Å²) in [6.45, 7) is 6.17. The van der Waals surface area contributed by atoms with Crippen molar-refractivity contribution >= 4 is 0 Å². The van der Waals surface area contributed by atoms with Gasteiger partial charge in [0, 0.05) is 45.5 Å². The SMILES string of the molecule is COc1ccc(CN2CCN(Cc3ccccn3)CC2)cc1OC. The van der Waals surface area contributed by atoms with Crippen LogP contribution in [0.25, 0.3) is 0 Å². The van der Waals surface area contributed by atoms with Crippen molar-refractivity contribution < 1.29 is 9.47 Å². The number of piperazine rings is 1. The molecule has 5 nitrogen and oxygen atoms in total. The molecule has 24 heavy (non-hydrogen) atoms. The van der Waals surface area contributed by atoms with Crippen molar-refractivity contribution in [2.75, 3.05) is 40.4 Å². The summed E-state index contributed by atoms with van der Waals surface area (Å²) in [5.41, 5.74) is 2.40. The van der Waals surface area contributed by atoms with Gasteiger partial charge in [0.25, 0.3) is 0 Å². The van der Waals surface area contributed by atoms with Gasteiger partial charge in [-0.2, -0.15) is 0 Å². The van der Waals surface area contributed by atoms with Gasteiger partial charge in [-0.15, -0.1) is 0 Å². The van der Waals surface area contributed by atoms with Crippen LogP contribution in [0, 0.1) is 0 Å². The lowest BCUT2D eigenvalue weighted by molar-refractivity contribution is 0.121. The van der Waals surface area contributed by atoms with Gasteiger partial charge in [-0.05, 0) is 29.8 Å². The fourth-order valence-electron chi connectivity index (χ4n) is 3.06. The van der Waals surface area contributed by atoms with E-state index in [-0.39, 0.29) is 0 Å². The van der Waals surface area contributed by atoms with Crippen molar-refractivity contribution in [1.29, 1.82) is 0 Å². The Morgan fingerprint density at radius 1 is 0.875 bits per heavy atom. The molecule has 0 saturated carbocycles. The summed E-state index contributed by atoms with van der Waals surface area (Å²) in [7, 11) is 3.34. The van der Waals surface area contributed by atoms with Crippen LogP contribution in [-0.2, 0) is 13.1 Å². The molecule has 1 fully saturated rings. The van der Waals surface area contributed by atoms with E-state index >= 15 is 0 Å². The monoisotopic (exact) mass is 327 g/mol. The first-order valence-electron chi connectivity index (χ1n) is 8.34. The van der Waals surface area contributed by atoms with Crippen LogP contribution in [0.1, 0.15) is 11.3 Å². The van der Waals surface area contributed by atoms with Gasteiger partial charge in [0.15, 0.2) is 11.5 Å². The Bertz CT molecular complexity index is 640. The number of nitrogens with zero attached hydrogens (tertiary/aromatic N) is 3. The molecule has 1 aliphatic heterocycles. The number of aromatic nitrogens is 1. The Hall–Kier alpha value is -2.11. The van der Waals surface area contributed by atoms with E-state index in [1.807, 2.05) is 18.3 Å². The van der Waals surface area contributed by atoms with Crippen molar-refractivity contribution in [1.82, 2.24) is 14.8 Å². The zero-order valence-electron chi connectivity index (χ0n) is 14.4. The molecule has 0 aliphatic carbocycles. The minimum absolute atomic E-state index is 0.779. The summed E-state index contributed by atoms with van der Waals surface area (Å²) in [5, 5.41) is 0. The maximum absolute atomic E-state index is 5.39. The van der Waals surface area contributed by atoms with Gasteiger partial charge in [0.2, 0.25) is 0 Å². The highest BCUT2D eigenvalue weighted by atomic mass is 16.5. The molecular weight excluding hydrogens is 302 g/mol. The molecule has 0 amide bonds. The lowest BCUT2D eigenvalue weighted by atomic mass is 10.1. The van der Waals surface area contributed by atoms with Crippen LogP contribution >= 0.6 is 0 Å². The molecule has 0 bridgehead atoms. The minimum Gasteiger partial charge on any atom is -0.493 e. The highest BCUT2D eigenvalue weighted by Gasteiger charge is 2.18. The summed E-state index contributed by atoms with van der Waals surface area (Å²) in [6, 6.07) is 12.3. The molecule has 0 radical (unpaired) electrons. The third-order valence-corrected chi connectivity index (χ3v) is 4.43. The summed E-state index contributed by atoms with van der Waals surface area (Å²) in [4.78, 5) is 9.36. The molecular formula is C19H25N3O2. The van der Waals surface area contributed by atoms with Gasteiger partial charge in [0.1, 0.15) is 0 Å². The van der Waals surface area contributed by atoms with Gasteiger partial charge in [-0.3, -0.25) is 14.8 Å². The van der Waals surface area contributed by atoms with Crippen LogP contribution < -0.4 is 9.47 Å². The first-order valence-corrected chi connectivity index (χ1v) is 8.34. The molecule has 5 heteroatoms. The summed E-state index contributed by atoms with van der Waals surface area (Å²) >= 11 is 0. The van der Waals surface area contributed by atoms with Gasteiger partial charge in [-0.1, -0.05) is 12.1 Å². The quantitative estimate of drug-likeness (QED) is 0.814. The Morgan fingerprint density at radius 3 is 2.21 bits per heavy atom. The van der Waals surface area contributed by atoms with E-state index in [1.54, 1.807) is 14.2 Å². The Labute approximate surface area is 143 Å². The van der Waals surface area contributed by atoms with Crippen molar-refractivity contribution in [2.24, 2.45) is 0 Å². The molecule has 128 valence electrons. The lowest BCUT2D eigenvalue weighted by Gasteiger charge is -2.34. The fraction of sp³-hybridized carbons (Fsp3) is 0.421. The predicted molar refractivity (Wildman–Crippen MR) is 94.3 cm³/mol. The van der Waals surface area contributed by atoms with Crippen LogP contribution in [-0.4, -0.2) is 55.2 Å². The average molecular weight is 327 g/mol. The van der Waals surface area contributed by atoms with E-state index in [9.17, 15) is 0 Å². The third kappa shape index (κ3) is 4.24. The summed E-state index contributed by atoms with van der Waals surface area (Å²) in [5.74, 6) is 1.57. The van der Waals surface area contributed by atoms with E-state index in [2.05, 4.69) is 39.0 Å². The van der Waals surface area contributed by atoms with Crippen LogP contribution in [0.4, 0.5) is 0 Å². The molecule has 1 saturated heterocycles. The number of benzene rings is 1. The van der Waals surface area contributed by atoms with Crippen LogP contribution in [0.15, 0.2) is 42.6 Å². The largest absolute Gasteiger partial charge is 0.493 e. The summed E-state index contributed by atoms with van der Waals surface area (Å²) < 4.78 is 10.7. The Kier molecular flexibility index (Phi) is 5.67. The molecule has 2 aromatic rings. The number of hydrogen-bond acceptors (Lipinski definition) is 5. The van der Waals surface area contributed by atoms with Crippen molar-refractivity contribution in [3.8, 4) is 11.5 Å². The number of ether oxygens (including phenoxy) is 2. The first-order chi connectivity index (χ1) is 11.8. The predicted octanol–water partition coefficient (Wildman–Crippen LogP) is 2.42. The molecule has 0 unspecified atom stereocenters. The lowest BCUT2D eigenvalue weighted by Crippen LogP contribution is -2.45. The minimum atomic E-state index is 0.779. The van der Waals surface area contributed by atoms with Crippen LogP contribution in [0.3, 0.4) is 0 Å². The average Bonchev–Trinajstić information content (AvgIpc) is 2.64. The van der Waals surface area contributed by atoms with Gasteiger partial charge in [-0.25, -0.2) is 0 Å². The molecule has 0 atom stereocenters. The van der Waals surface area contributed by atoms with E-state index < -0.39 is 0 Å². The molecule has 0 N–H and O–H groups in total. The number of hydrogen-bond donors (Lipinski definition) is 0. The first kappa shape index (κ1) is 16.7. The molecule has 2 heterocycles. The number of rotatable bonds is 6. The fourth-order valence-corrected chi connectivity index (χ4v) is 3.06. The second-order valence-corrected chi connectivity index (χ2v) is 6.06.